The summed E-state index contributed by atoms with van der Waals surface area (Å²) in [6, 6.07) is 4.00. The highest BCUT2D eigenvalue weighted by molar-refractivity contribution is 7.91. The Bertz CT molecular complexity index is 536. The van der Waals surface area contributed by atoms with Gasteiger partial charge in [-0.2, -0.15) is 0 Å². The molecule has 0 saturated carbocycles. The van der Waals surface area contributed by atoms with E-state index in [-0.39, 0.29) is 17.5 Å². The van der Waals surface area contributed by atoms with Crippen LogP contribution in [-0.4, -0.2) is 31.1 Å². The van der Waals surface area contributed by atoms with Crippen molar-refractivity contribution in [2.75, 3.05) is 16.8 Å². The van der Waals surface area contributed by atoms with E-state index in [0.29, 0.717) is 11.5 Å². The molecule has 0 aliphatic carbocycles. The van der Waals surface area contributed by atoms with Crippen molar-refractivity contribution in [3.63, 3.8) is 0 Å². The maximum atomic E-state index is 11.3. The second-order valence-electron chi connectivity index (χ2n) is 4.32. The van der Waals surface area contributed by atoms with Gasteiger partial charge < -0.3 is 10.6 Å². The first kappa shape index (κ1) is 13.8. The third-order valence-corrected chi connectivity index (χ3v) is 5.95. The Morgan fingerprint density at radius 2 is 2.33 bits per heavy atom. The van der Waals surface area contributed by atoms with Crippen LogP contribution in [0.3, 0.4) is 0 Å². The van der Waals surface area contributed by atoms with Crippen molar-refractivity contribution in [1.82, 2.24) is 5.32 Å². The molecule has 0 spiro atoms. The molecule has 1 aromatic heterocycles. The van der Waals surface area contributed by atoms with Crippen LogP contribution in [0.5, 0.6) is 0 Å². The molecular formula is C11H16N2O2S3. The van der Waals surface area contributed by atoms with Crippen molar-refractivity contribution in [2.24, 2.45) is 0 Å². The fourth-order valence-corrected chi connectivity index (χ4v) is 4.74. The Labute approximate surface area is 117 Å². The van der Waals surface area contributed by atoms with E-state index in [2.05, 4.69) is 23.6 Å². The monoisotopic (exact) mass is 304 g/mol. The van der Waals surface area contributed by atoms with Crippen molar-refractivity contribution in [3.05, 3.63) is 17.0 Å². The number of sulfone groups is 1. The Morgan fingerprint density at radius 3 is 2.89 bits per heavy atom. The minimum atomic E-state index is -2.86. The van der Waals surface area contributed by atoms with Crippen LogP contribution in [0.25, 0.3) is 0 Å². The van der Waals surface area contributed by atoms with E-state index in [1.165, 1.54) is 4.88 Å². The highest BCUT2D eigenvalue weighted by atomic mass is 32.2. The van der Waals surface area contributed by atoms with Gasteiger partial charge in [0.15, 0.2) is 14.9 Å². The predicted octanol–water partition coefficient (Wildman–Crippen LogP) is 1.78. The first-order valence-corrected chi connectivity index (χ1v) is 8.90. The largest absolute Gasteiger partial charge is 0.359 e. The molecule has 100 valence electrons. The molecule has 2 rings (SSSR count). The summed E-state index contributed by atoms with van der Waals surface area (Å²) < 4.78 is 22.6. The average Bonchev–Trinajstić information content (AvgIpc) is 2.85. The van der Waals surface area contributed by atoms with E-state index in [9.17, 15) is 8.42 Å². The smallest absolute Gasteiger partial charge is 0.171 e. The number of thiocarbonyl (C=S) groups is 1. The van der Waals surface area contributed by atoms with Gasteiger partial charge in [-0.05, 0) is 37.2 Å². The van der Waals surface area contributed by atoms with E-state index >= 15 is 0 Å². The van der Waals surface area contributed by atoms with Gasteiger partial charge in [0.05, 0.1) is 16.5 Å². The van der Waals surface area contributed by atoms with Crippen LogP contribution in [-0.2, 0) is 16.3 Å². The van der Waals surface area contributed by atoms with Crippen molar-refractivity contribution < 1.29 is 8.42 Å². The zero-order valence-electron chi connectivity index (χ0n) is 10.1. The van der Waals surface area contributed by atoms with Gasteiger partial charge in [0.2, 0.25) is 0 Å². The molecule has 1 aliphatic rings. The summed E-state index contributed by atoms with van der Waals surface area (Å²) in [5, 5.41) is 7.65. The standard InChI is InChI=1S/C11H16N2O2S3/c1-2-9-3-4-10(17-9)13-11(16)12-8-5-6-18(14,15)7-8/h3-4,8H,2,5-7H2,1H3,(H2,12,13,16)/t8-/m0/s1. The van der Waals surface area contributed by atoms with Gasteiger partial charge >= 0.3 is 0 Å². The lowest BCUT2D eigenvalue weighted by molar-refractivity contribution is 0.600. The van der Waals surface area contributed by atoms with Crippen LogP contribution in [0, 0.1) is 0 Å². The molecular weight excluding hydrogens is 288 g/mol. The van der Waals surface area contributed by atoms with Crippen molar-refractivity contribution in [2.45, 2.75) is 25.8 Å². The molecule has 1 aromatic rings. The molecule has 1 atom stereocenters. The molecule has 0 radical (unpaired) electrons. The minimum Gasteiger partial charge on any atom is -0.359 e. The number of nitrogens with one attached hydrogen (secondary N) is 2. The lowest BCUT2D eigenvalue weighted by atomic mass is 10.3. The summed E-state index contributed by atoms with van der Waals surface area (Å²) >= 11 is 6.84. The SMILES string of the molecule is CCc1ccc(NC(=S)N[C@H]2CCS(=O)(=O)C2)s1. The van der Waals surface area contributed by atoms with Gasteiger partial charge in [-0.25, -0.2) is 8.42 Å². The lowest BCUT2D eigenvalue weighted by Gasteiger charge is -2.13. The Kier molecular flexibility index (Phi) is 4.24. The average molecular weight is 304 g/mol. The van der Waals surface area contributed by atoms with Gasteiger partial charge in [0.25, 0.3) is 0 Å². The summed E-state index contributed by atoms with van der Waals surface area (Å²) in [5.41, 5.74) is 0. The molecule has 0 bridgehead atoms. The predicted molar refractivity (Wildman–Crippen MR) is 80.1 cm³/mol. The first-order chi connectivity index (χ1) is 8.48. The molecule has 7 heteroatoms. The summed E-state index contributed by atoms with van der Waals surface area (Å²) in [5.74, 6) is 0.436. The molecule has 1 saturated heterocycles. The van der Waals surface area contributed by atoms with E-state index in [4.69, 9.17) is 12.2 Å². The first-order valence-electron chi connectivity index (χ1n) is 5.85. The molecule has 1 aliphatic heterocycles. The normalized spacial score (nSPS) is 21.7. The second-order valence-corrected chi connectivity index (χ2v) is 8.12. The van der Waals surface area contributed by atoms with E-state index in [0.717, 1.165) is 11.4 Å². The number of hydrogen-bond donors (Lipinski definition) is 2. The maximum Gasteiger partial charge on any atom is 0.171 e. The van der Waals surface area contributed by atoms with Crippen molar-refractivity contribution in [3.8, 4) is 0 Å². The zero-order valence-corrected chi connectivity index (χ0v) is 12.6. The zero-order chi connectivity index (χ0) is 13.2. The quantitative estimate of drug-likeness (QED) is 0.834. The van der Waals surface area contributed by atoms with Gasteiger partial charge in [0, 0.05) is 10.9 Å². The van der Waals surface area contributed by atoms with Gasteiger partial charge in [-0.3, -0.25) is 0 Å². The molecule has 1 fully saturated rings. The van der Waals surface area contributed by atoms with Crippen LogP contribution >= 0.6 is 23.6 Å². The molecule has 18 heavy (non-hydrogen) atoms. The van der Waals surface area contributed by atoms with Crippen LogP contribution in [0.2, 0.25) is 0 Å². The summed E-state index contributed by atoms with van der Waals surface area (Å²) in [7, 11) is -2.86. The van der Waals surface area contributed by atoms with E-state index in [1.807, 2.05) is 6.07 Å². The highest BCUT2D eigenvalue weighted by Crippen LogP contribution is 2.22. The van der Waals surface area contributed by atoms with Gasteiger partial charge in [-0.1, -0.05) is 6.92 Å². The molecule has 4 nitrogen and oxygen atoms in total. The number of aryl methyl sites for hydroxylation is 1. The molecule has 0 amide bonds. The third-order valence-electron chi connectivity index (χ3n) is 2.81. The second kappa shape index (κ2) is 5.54. The molecule has 0 aromatic carbocycles. The Balaban J connectivity index is 1.86. The Morgan fingerprint density at radius 1 is 1.56 bits per heavy atom. The van der Waals surface area contributed by atoms with Crippen LogP contribution in [0.15, 0.2) is 12.1 Å². The Hall–Kier alpha value is -0.660. The highest BCUT2D eigenvalue weighted by Gasteiger charge is 2.28. The third kappa shape index (κ3) is 3.66. The topological polar surface area (TPSA) is 58.2 Å². The van der Waals surface area contributed by atoms with Gasteiger partial charge in [0.1, 0.15) is 0 Å². The van der Waals surface area contributed by atoms with Crippen LogP contribution < -0.4 is 10.6 Å². The number of rotatable bonds is 3. The number of anilines is 1. The molecule has 2 heterocycles. The molecule has 0 unspecified atom stereocenters. The number of thiophene rings is 1. The maximum absolute atomic E-state index is 11.3. The van der Waals surface area contributed by atoms with Crippen molar-refractivity contribution in [1.29, 1.82) is 0 Å². The summed E-state index contributed by atoms with van der Waals surface area (Å²) in [6.07, 6.45) is 1.64. The minimum absolute atomic E-state index is 0.0550. The van der Waals surface area contributed by atoms with Crippen molar-refractivity contribution >= 4 is 43.5 Å². The van der Waals surface area contributed by atoms with E-state index < -0.39 is 9.84 Å². The number of hydrogen-bond acceptors (Lipinski definition) is 4. The fraction of sp³-hybridized carbons (Fsp3) is 0.545. The van der Waals surface area contributed by atoms with E-state index in [1.54, 1.807) is 11.3 Å². The summed E-state index contributed by atoms with van der Waals surface area (Å²) in [6.45, 7) is 2.11. The van der Waals surface area contributed by atoms with Gasteiger partial charge in [-0.15, -0.1) is 11.3 Å². The van der Waals surface area contributed by atoms with Crippen LogP contribution in [0.4, 0.5) is 5.00 Å². The van der Waals surface area contributed by atoms with Crippen LogP contribution in [0.1, 0.15) is 18.2 Å². The fourth-order valence-electron chi connectivity index (χ4n) is 1.88. The molecule has 2 N–H and O–H groups in total. The summed E-state index contributed by atoms with van der Waals surface area (Å²) in [4.78, 5) is 1.30. The lowest BCUT2D eigenvalue weighted by Crippen LogP contribution is -2.38.